The van der Waals surface area contributed by atoms with Crippen molar-refractivity contribution in [1.29, 1.82) is 0 Å². The molecular formula is C13H18N2O5. The molecule has 0 amide bonds. The van der Waals surface area contributed by atoms with Crippen molar-refractivity contribution in [3.8, 4) is 0 Å². The summed E-state index contributed by atoms with van der Waals surface area (Å²) in [7, 11) is 1.54. The molecule has 2 aliphatic heterocycles. The Balaban J connectivity index is 2.06. The van der Waals surface area contributed by atoms with Gasteiger partial charge < -0.3 is 14.2 Å². The van der Waals surface area contributed by atoms with E-state index in [-0.39, 0.29) is 6.90 Å². The fourth-order valence-corrected chi connectivity index (χ4v) is 2.98. The highest BCUT2D eigenvalue weighted by molar-refractivity contribution is 5.15. The Morgan fingerprint density at radius 3 is 2.75 bits per heavy atom. The quantitative estimate of drug-likeness (QED) is 0.827. The third-order valence-electron chi connectivity index (χ3n) is 4.20. The van der Waals surface area contributed by atoms with Gasteiger partial charge in [-0.05, 0) is 20.7 Å². The van der Waals surface area contributed by atoms with E-state index in [1.807, 2.05) is 13.8 Å². The molecule has 2 saturated heterocycles. The first kappa shape index (κ1) is 12.3. The van der Waals surface area contributed by atoms with Gasteiger partial charge in [-0.1, -0.05) is 0 Å². The van der Waals surface area contributed by atoms with Gasteiger partial charge in [-0.3, -0.25) is 14.3 Å². The molecule has 1 N–H and O–H groups in total. The molecule has 2 aliphatic rings. The number of fused-ring (bicyclic) bond motifs is 2. The number of H-pyrrole nitrogens is 1. The average molecular weight is 283 g/mol. The molecule has 0 unspecified atom stereocenters. The minimum atomic E-state index is -0.952. The number of aromatic nitrogens is 2. The van der Waals surface area contributed by atoms with Crippen LogP contribution in [0, 0.1) is 0 Å². The van der Waals surface area contributed by atoms with Crippen molar-refractivity contribution in [3.05, 3.63) is 33.1 Å². The van der Waals surface area contributed by atoms with Gasteiger partial charge in [-0.2, -0.15) is 0 Å². The summed E-state index contributed by atoms with van der Waals surface area (Å²) in [5.74, 6) is 0. The second-order valence-corrected chi connectivity index (χ2v) is 5.66. The predicted molar refractivity (Wildman–Crippen MR) is 69.6 cm³/mol. The lowest BCUT2D eigenvalue weighted by Gasteiger charge is -2.41. The van der Waals surface area contributed by atoms with E-state index < -0.39 is 40.9 Å². The molecule has 110 valence electrons. The van der Waals surface area contributed by atoms with E-state index in [4.69, 9.17) is 15.6 Å². The van der Waals surface area contributed by atoms with Crippen LogP contribution in [0.2, 0.25) is 0 Å². The molecule has 3 heterocycles. The van der Waals surface area contributed by atoms with Gasteiger partial charge in [0.1, 0.15) is 17.8 Å². The van der Waals surface area contributed by atoms with E-state index >= 15 is 0 Å². The van der Waals surface area contributed by atoms with Crippen molar-refractivity contribution in [3.63, 3.8) is 0 Å². The Hall–Kier alpha value is -1.44. The summed E-state index contributed by atoms with van der Waals surface area (Å²) >= 11 is 0. The minimum Gasteiger partial charge on any atom is -0.375 e. The zero-order valence-corrected chi connectivity index (χ0v) is 11.6. The van der Waals surface area contributed by atoms with Gasteiger partial charge in [0.25, 0.3) is 5.56 Å². The van der Waals surface area contributed by atoms with E-state index in [1.54, 1.807) is 0 Å². The molecule has 2 bridgehead atoms. The van der Waals surface area contributed by atoms with Crippen LogP contribution >= 0.6 is 0 Å². The maximum atomic E-state index is 11.9. The first-order valence-electron chi connectivity index (χ1n) is 7.06. The van der Waals surface area contributed by atoms with Gasteiger partial charge in [0.2, 0.25) is 0 Å². The van der Waals surface area contributed by atoms with E-state index in [0.717, 1.165) is 0 Å². The van der Waals surface area contributed by atoms with Crippen LogP contribution in [0.15, 0.2) is 21.9 Å². The molecule has 0 radical (unpaired) electrons. The molecule has 1 aromatic heterocycles. The first-order valence-corrected chi connectivity index (χ1v) is 6.35. The van der Waals surface area contributed by atoms with Gasteiger partial charge in [0, 0.05) is 20.7 Å². The fraction of sp³-hybridized carbons (Fsp3) is 0.692. The molecule has 3 rings (SSSR count). The lowest BCUT2D eigenvalue weighted by Crippen LogP contribution is -2.52. The molecule has 2 fully saturated rings. The maximum Gasteiger partial charge on any atom is 0.330 e. The van der Waals surface area contributed by atoms with Gasteiger partial charge in [0.05, 0.1) is 5.60 Å². The van der Waals surface area contributed by atoms with Gasteiger partial charge >= 0.3 is 5.69 Å². The Morgan fingerprint density at radius 1 is 1.45 bits per heavy atom. The Morgan fingerprint density at radius 2 is 2.20 bits per heavy atom. The Kier molecular flexibility index (Phi) is 2.48. The molecule has 0 saturated carbocycles. The second kappa shape index (κ2) is 4.03. The summed E-state index contributed by atoms with van der Waals surface area (Å²) in [6.07, 6.45) is -0.321. The zero-order valence-electron chi connectivity index (χ0n) is 12.6. The van der Waals surface area contributed by atoms with E-state index in [0.29, 0.717) is 0 Å². The second-order valence-electron chi connectivity index (χ2n) is 5.66. The number of nitrogens with one attached hydrogen (secondary N) is 1. The van der Waals surface area contributed by atoms with E-state index in [1.165, 1.54) is 23.9 Å². The van der Waals surface area contributed by atoms with Gasteiger partial charge in [0.15, 0.2) is 6.23 Å². The SMILES string of the molecule is [2H]C[C@]12O[C@@H](n3ccc(=O)[nH]c3=O)[C@H](OC1(C)C)[C@@H]2OC. The number of methoxy groups -OCH3 is 1. The lowest BCUT2D eigenvalue weighted by molar-refractivity contribution is -0.242. The third kappa shape index (κ3) is 1.57. The average Bonchev–Trinajstić information content (AvgIpc) is 2.84. The summed E-state index contributed by atoms with van der Waals surface area (Å²) in [5, 5.41) is 0. The van der Waals surface area contributed by atoms with Crippen LogP contribution in [-0.4, -0.2) is 40.1 Å². The number of hydrogen-bond donors (Lipinski definition) is 1. The van der Waals surface area contributed by atoms with Crippen LogP contribution in [0.4, 0.5) is 0 Å². The number of nitrogens with zero attached hydrogens (tertiary/aromatic N) is 1. The highest BCUT2D eigenvalue weighted by Crippen LogP contribution is 2.54. The first-order chi connectivity index (χ1) is 9.86. The Labute approximate surface area is 116 Å². The van der Waals surface area contributed by atoms with Crippen LogP contribution in [0.25, 0.3) is 0 Å². The maximum absolute atomic E-state index is 11.9. The van der Waals surface area contributed by atoms with E-state index in [9.17, 15) is 9.59 Å². The summed E-state index contributed by atoms with van der Waals surface area (Å²) in [5.41, 5.74) is -2.69. The summed E-state index contributed by atoms with van der Waals surface area (Å²) in [6.45, 7) is 3.64. The predicted octanol–water partition coefficient (Wildman–Crippen LogP) is 0.0165. The highest BCUT2D eigenvalue weighted by Gasteiger charge is 2.69. The normalized spacial score (nSPS) is 39.0. The topological polar surface area (TPSA) is 82.6 Å². The standard InChI is InChI=1S/C13H18N2O5/c1-12(2)13(3)9(18-4)8(19-12)10(20-13)15-6-5-7(16)14-11(15)17/h5-6,8-10H,1-4H3,(H,14,16,17)/t8-,9+,10-,13-/m1/s1/i3D. The van der Waals surface area contributed by atoms with E-state index in [2.05, 4.69) is 4.98 Å². The monoisotopic (exact) mass is 283 g/mol. The fourth-order valence-electron chi connectivity index (χ4n) is 2.98. The van der Waals surface area contributed by atoms with Gasteiger partial charge in [-0.15, -0.1) is 0 Å². The number of ether oxygens (including phenoxy) is 3. The minimum absolute atomic E-state index is 0.0520. The molecular weight excluding hydrogens is 264 g/mol. The molecule has 1 aromatic rings. The molecule has 0 aliphatic carbocycles. The van der Waals surface area contributed by atoms with Crippen LogP contribution in [0.1, 0.15) is 28.3 Å². The van der Waals surface area contributed by atoms with Crippen LogP contribution in [0.3, 0.4) is 0 Å². The van der Waals surface area contributed by atoms with Crippen molar-refractivity contribution in [2.75, 3.05) is 7.11 Å². The highest BCUT2D eigenvalue weighted by atomic mass is 16.7. The lowest BCUT2D eigenvalue weighted by atomic mass is 9.85. The number of aromatic amines is 1. The van der Waals surface area contributed by atoms with Crippen molar-refractivity contribution >= 4 is 0 Å². The van der Waals surface area contributed by atoms with Crippen molar-refractivity contribution in [2.24, 2.45) is 0 Å². The van der Waals surface area contributed by atoms with Crippen LogP contribution in [0.5, 0.6) is 0 Å². The zero-order chi connectivity index (χ0) is 15.4. The Bertz CT molecular complexity index is 669. The molecule has 20 heavy (non-hydrogen) atoms. The molecule has 0 aromatic carbocycles. The van der Waals surface area contributed by atoms with Crippen LogP contribution < -0.4 is 11.2 Å². The largest absolute Gasteiger partial charge is 0.375 e. The molecule has 4 atom stereocenters. The van der Waals surface area contributed by atoms with Crippen molar-refractivity contribution < 1.29 is 15.6 Å². The number of rotatable bonds is 2. The van der Waals surface area contributed by atoms with Crippen molar-refractivity contribution in [1.82, 2.24) is 9.55 Å². The van der Waals surface area contributed by atoms with Gasteiger partial charge in [-0.25, -0.2) is 4.79 Å². The molecule has 0 spiro atoms. The summed E-state index contributed by atoms with van der Waals surface area (Å²) in [4.78, 5) is 25.3. The molecule has 7 heteroatoms. The smallest absolute Gasteiger partial charge is 0.330 e. The summed E-state index contributed by atoms with van der Waals surface area (Å²) in [6, 6.07) is 1.25. The number of hydrogen-bond acceptors (Lipinski definition) is 5. The van der Waals surface area contributed by atoms with Crippen LogP contribution in [-0.2, 0) is 14.2 Å². The molecule has 7 nitrogen and oxygen atoms in total. The van der Waals surface area contributed by atoms with Crippen molar-refractivity contribution in [2.45, 2.75) is 50.4 Å². The third-order valence-corrected chi connectivity index (χ3v) is 4.20. The summed E-state index contributed by atoms with van der Waals surface area (Å²) < 4.78 is 26.6.